The molecule has 3 aromatic carbocycles. The Labute approximate surface area is 214 Å². The van der Waals surface area contributed by atoms with Crippen molar-refractivity contribution in [2.45, 2.75) is 44.0 Å². The van der Waals surface area contributed by atoms with Gasteiger partial charge in [0, 0.05) is 22.7 Å². The minimum absolute atomic E-state index is 0.0523. The number of halogens is 1. The van der Waals surface area contributed by atoms with Gasteiger partial charge >= 0.3 is 0 Å². The molecule has 0 spiro atoms. The monoisotopic (exact) mass is 554 g/mol. The van der Waals surface area contributed by atoms with Crippen LogP contribution in [0.15, 0.2) is 70.0 Å². The number of hydrogen-bond donors (Lipinski definition) is 0. The number of benzene rings is 3. The van der Waals surface area contributed by atoms with Gasteiger partial charge in [0.05, 0.1) is 10.6 Å². The van der Waals surface area contributed by atoms with Gasteiger partial charge in [0.15, 0.2) is 6.61 Å². The Bertz CT molecular complexity index is 1410. The molecule has 0 unspecified atom stereocenters. The van der Waals surface area contributed by atoms with Crippen LogP contribution in [0.3, 0.4) is 0 Å². The second kappa shape index (κ2) is 9.32. The summed E-state index contributed by atoms with van der Waals surface area (Å²) in [5.41, 5.74) is 4.50. The number of rotatable bonds is 5. The Morgan fingerprint density at radius 1 is 1.06 bits per heavy atom. The van der Waals surface area contributed by atoms with Crippen molar-refractivity contribution in [1.82, 2.24) is 0 Å². The molecule has 0 N–H and O–H groups in total. The maximum atomic E-state index is 13.5. The first-order valence-electron chi connectivity index (χ1n) is 11.7. The fourth-order valence-electron chi connectivity index (χ4n) is 5.01. The Morgan fingerprint density at radius 2 is 1.86 bits per heavy atom. The van der Waals surface area contributed by atoms with Crippen molar-refractivity contribution >= 4 is 43.2 Å². The van der Waals surface area contributed by atoms with Crippen molar-refractivity contribution in [3.05, 3.63) is 81.8 Å². The van der Waals surface area contributed by atoms with Crippen molar-refractivity contribution < 1.29 is 17.9 Å². The summed E-state index contributed by atoms with van der Waals surface area (Å²) in [7, 11) is -3.70. The molecule has 1 amide bonds. The first-order chi connectivity index (χ1) is 16.8. The SMILES string of the molecule is Cc1cc(S(=O)(=O)N2CCCc3ccccc32)ccc1OCC(=O)N1c2ccc(Br)cc2C[C@H]1C. The number of anilines is 2. The van der Waals surface area contributed by atoms with Crippen LogP contribution < -0.4 is 13.9 Å². The first-order valence-corrected chi connectivity index (χ1v) is 13.9. The molecule has 0 bridgehead atoms. The van der Waals surface area contributed by atoms with Gasteiger partial charge < -0.3 is 9.64 Å². The molecule has 0 saturated carbocycles. The average Bonchev–Trinajstić information content (AvgIpc) is 3.17. The number of ether oxygens (including phenoxy) is 1. The second-order valence-corrected chi connectivity index (χ2v) is 11.9. The fraction of sp³-hybridized carbons (Fsp3) is 0.296. The first kappa shape index (κ1) is 23.9. The molecule has 1 atom stereocenters. The van der Waals surface area contributed by atoms with Gasteiger partial charge in [-0.1, -0.05) is 34.1 Å². The molecule has 6 nitrogen and oxygen atoms in total. The van der Waals surface area contributed by atoms with Crippen molar-refractivity contribution in [3.8, 4) is 5.75 Å². The predicted molar refractivity (Wildman–Crippen MR) is 141 cm³/mol. The summed E-state index contributed by atoms with van der Waals surface area (Å²) in [5.74, 6) is 0.374. The number of para-hydroxylation sites is 1. The van der Waals surface area contributed by atoms with E-state index in [4.69, 9.17) is 4.74 Å². The molecule has 3 aromatic rings. The third-order valence-electron chi connectivity index (χ3n) is 6.68. The van der Waals surface area contributed by atoms with Crippen LogP contribution >= 0.6 is 15.9 Å². The van der Waals surface area contributed by atoms with Crippen molar-refractivity contribution in [2.75, 3.05) is 22.4 Å². The van der Waals surface area contributed by atoms with E-state index in [-0.39, 0.29) is 23.5 Å². The van der Waals surface area contributed by atoms with Gasteiger partial charge in [-0.3, -0.25) is 9.10 Å². The fourth-order valence-corrected chi connectivity index (χ4v) is 7.04. The molecule has 35 heavy (non-hydrogen) atoms. The number of carbonyl (C=O) groups excluding carboxylic acids is 1. The summed E-state index contributed by atoms with van der Waals surface area (Å²) in [4.78, 5) is 15.0. The van der Waals surface area contributed by atoms with Gasteiger partial charge in [-0.15, -0.1) is 0 Å². The third-order valence-corrected chi connectivity index (χ3v) is 8.98. The van der Waals surface area contributed by atoms with E-state index in [1.807, 2.05) is 49.4 Å². The molecule has 5 rings (SSSR count). The number of sulfonamides is 1. The van der Waals surface area contributed by atoms with E-state index in [0.717, 1.165) is 46.2 Å². The smallest absolute Gasteiger partial charge is 0.265 e. The Hall–Kier alpha value is -2.84. The lowest BCUT2D eigenvalue weighted by molar-refractivity contribution is -0.120. The van der Waals surface area contributed by atoms with Crippen molar-refractivity contribution in [3.63, 3.8) is 0 Å². The lowest BCUT2D eigenvalue weighted by Gasteiger charge is -2.30. The van der Waals surface area contributed by atoms with Crippen LogP contribution in [0.5, 0.6) is 5.75 Å². The van der Waals surface area contributed by atoms with E-state index in [1.54, 1.807) is 30.0 Å². The van der Waals surface area contributed by atoms with Gasteiger partial charge in [-0.25, -0.2) is 8.42 Å². The molecule has 8 heteroatoms. The summed E-state index contributed by atoms with van der Waals surface area (Å²) in [6, 6.07) is 18.4. The molecular formula is C27H27BrN2O4S. The molecular weight excluding hydrogens is 528 g/mol. The summed E-state index contributed by atoms with van der Waals surface area (Å²) in [6.07, 6.45) is 2.46. The molecule has 182 valence electrons. The summed E-state index contributed by atoms with van der Waals surface area (Å²) in [6.45, 7) is 4.16. The summed E-state index contributed by atoms with van der Waals surface area (Å²) in [5, 5.41) is 0. The topological polar surface area (TPSA) is 66.9 Å². The van der Waals surface area contributed by atoms with E-state index in [0.29, 0.717) is 17.9 Å². The number of hydrogen-bond acceptors (Lipinski definition) is 4. The van der Waals surface area contributed by atoms with Crippen LogP contribution in [0.2, 0.25) is 0 Å². The van der Waals surface area contributed by atoms with Crippen molar-refractivity contribution in [2.24, 2.45) is 0 Å². The van der Waals surface area contributed by atoms with E-state index in [1.165, 1.54) is 4.31 Å². The highest BCUT2D eigenvalue weighted by molar-refractivity contribution is 9.10. The highest BCUT2D eigenvalue weighted by atomic mass is 79.9. The van der Waals surface area contributed by atoms with Gasteiger partial charge in [0.1, 0.15) is 5.75 Å². The zero-order chi connectivity index (χ0) is 24.7. The Balaban J connectivity index is 1.32. The summed E-state index contributed by atoms with van der Waals surface area (Å²) >= 11 is 3.49. The van der Waals surface area contributed by atoms with Crippen LogP contribution in [0.1, 0.15) is 30.0 Å². The number of fused-ring (bicyclic) bond motifs is 2. The highest BCUT2D eigenvalue weighted by Crippen LogP contribution is 2.35. The van der Waals surface area contributed by atoms with E-state index in [2.05, 4.69) is 15.9 Å². The minimum Gasteiger partial charge on any atom is -0.483 e. The van der Waals surface area contributed by atoms with Crippen molar-refractivity contribution in [1.29, 1.82) is 0 Å². The molecule has 0 saturated heterocycles. The van der Waals surface area contributed by atoms with Crippen LogP contribution in [0.4, 0.5) is 11.4 Å². The maximum Gasteiger partial charge on any atom is 0.265 e. The van der Waals surface area contributed by atoms with Gasteiger partial charge in [-0.2, -0.15) is 0 Å². The summed E-state index contributed by atoms with van der Waals surface area (Å²) < 4.78 is 35.2. The number of amides is 1. The van der Waals surface area contributed by atoms with E-state index >= 15 is 0 Å². The quantitative estimate of drug-likeness (QED) is 0.431. The molecule has 0 radical (unpaired) electrons. The van der Waals surface area contributed by atoms with Gasteiger partial charge in [0.2, 0.25) is 0 Å². The Morgan fingerprint density at radius 3 is 2.66 bits per heavy atom. The molecule has 2 aliphatic heterocycles. The van der Waals surface area contributed by atoms with Gasteiger partial charge in [-0.05, 0) is 92.3 Å². The van der Waals surface area contributed by atoms with Crippen LogP contribution in [0, 0.1) is 6.92 Å². The van der Waals surface area contributed by atoms with E-state index in [9.17, 15) is 13.2 Å². The van der Waals surface area contributed by atoms with Crippen LogP contribution in [0.25, 0.3) is 0 Å². The second-order valence-electron chi connectivity index (χ2n) is 9.12. The minimum atomic E-state index is -3.70. The number of carbonyl (C=O) groups is 1. The third kappa shape index (κ3) is 4.45. The molecule has 0 aromatic heterocycles. The molecule has 0 fully saturated rings. The van der Waals surface area contributed by atoms with E-state index < -0.39 is 10.0 Å². The number of aryl methyl sites for hydroxylation is 2. The highest BCUT2D eigenvalue weighted by Gasteiger charge is 2.32. The zero-order valence-corrected chi connectivity index (χ0v) is 22.1. The van der Waals surface area contributed by atoms with Gasteiger partial charge in [0.25, 0.3) is 15.9 Å². The normalized spacial score (nSPS) is 17.2. The average molecular weight is 555 g/mol. The number of nitrogens with zero attached hydrogens (tertiary/aromatic N) is 2. The lowest BCUT2D eigenvalue weighted by atomic mass is 10.0. The molecule has 2 aliphatic rings. The lowest BCUT2D eigenvalue weighted by Crippen LogP contribution is -2.39. The molecule has 2 heterocycles. The maximum absolute atomic E-state index is 13.5. The zero-order valence-electron chi connectivity index (χ0n) is 19.7. The standard InChI is InChI=1S/C27H27BrN2O4S/c1-18-14-23(35(32,33)29-13-5-7-20-6-3-4-8-24(20)29)10-12-26(18)34-17-27(31)30-19(2)15-21-16-22(28)9-11-25(21)30/h3-4,6,8-12,14,16,19H,5,7,13,15,17H2,1-2H3/t19-/m1/s1. The molecule has 0 aliphatic carbocycles. The van der Waals surface area contributed by atoms with Crippen LogP contribution in [-0.2, 0) is 27.7 Å². The predicted octanol–water partition coefficient (Wildman–Crippen LogP) is 5.26. The van der Waals surface area contributed by atoms with Crippen LogP contribution in [-0.4, -0.2) is 33.5 Å². The Kier molecular flexibility index (Phi) is 6.36. The largest absolute Gasteiger partial charge is 0.483 e.